The first-order valence-electron chi connectivity index (χ1n) is 17.4. The van der Waals surface area contributed by atoms with Crippen LogP contribution >= 0.6 is 11.3 Å². The maximum absolute atomic E-state index is 6.56. The summed E-state index contributed by atoms with van der Waals surface area (Å²) in [6.45, 7) is 0. The van der Waals surface area contributed by atoms with E-state index >= 15 is 0 Å². The molecule has 11 aromatic rings. The predicted molar refractivity (Wildman–Crippen MR) is 219 cm³/mol. The van der Waals surface area contributed by atoms with E-state index in [1.54, 1.807) is 0 Å². The van der Waals surface area contributed by atoms with E-state index in [4.69, 9.17) is 4.42 Å². The van der Waals surface area contributed by atoms with Crippen LogP contribution in [0.2, 0.25) is 0 Å². The number of para-hydroxylation sites is 1. The zero-order valence-corrected chi connectivity index (χ0v) is 28.3. The average molecular weight is 668 g/mol. The van der Waals surface area contributed by atoms with E-state index in [1.165, 1.54) is 63.6 Å². The molecule has 0 aliphatic rings. The first-order chi connectivity index (χ1) is 25.3. The van der Waals surface area contributed by atoms with Gasteiger partial charge in [-0.2, -0.15) is 0 Å². The molecule has 0 bridgehead atoms. The number of hydrogen-bond donors (Lipinski definition) is 0. The van der Waals surface area contributed by atoms with Gasteiger partial charge in [0.2, 0.25) is 0 Å². The van der Waals surface area contributed by atoms with E-state index in [9.17, 15) is 0 Å². The van der Waals surface area contributed by atoms with Crippen LogP contribution in [0.4, 0.5) is 17.1 Å². The zero-order valence-electron chi connectivity index (χ0n) is 27.5. The quantitative estimate of drug-likeness (QED) is 0.174. The highest BCUT2D eigenvalue weighted by molar-refractivity contribution is 7.26. The Balaban J connectivity index is 1.35. The van der Waals surface area contributed by atoms with Crippen molar-refractivity contribution in [3.8, 4) is 11.1 Å². The summed E-state index contributed by atoms with van der Waals surface area (Å²) < 4.78 is 9.11. The molecule has 0 aliphatic carbocycles. The van der Waals surface area contributed by atoms with Crippen molar-refractivity contribution in [1.29, 1.82) is 0 Å². The summed E-state index contributed by atoms with van der Waals surface area (Å²) in [5.74, 6) is 0. The fourth-order valence-corrected chi connectivity index (χ4v) is 9.38. The van der Waals surface area contributed by atoms with Crippen LogP contribution < -0.4 is 4.90 Å². The van der Waals surface area contributed by atoms with Crippen LogP contribution in [0, 0.1) is 0 Å². The molecule has 0 saturated heterocycles. The molecule has 2 nitrogen and oxygen atoms in total. The lowest BCUT2D eigenvalue weighted by Gasteiger charge is -2.31. The molecule has 0 aliphatic heterocycles. The number of fused-ring (bicyclic) bond motifs is 10. The third-order valence-electron chi connectivity index (χ3n) is 10.4. The molecule has 0 atom stereocenters. The monoisotopic (exact) mass is 667 g/mol. The Labute approximate surface area is 298 Å². The Bertz CT molecular complexity index is 3160. The van der Waals surface area contributed by atoms with Gasteiger partial charge in [-0.25, -0.2) is 0 Å². The van der Waals surface area contributed by atoms with Crippen molar-refractivity contribution in [2.75, 3.05) is 4.90 Å². The Morgan fingerprint density at radius 1 is 0.412 bits per heavy atom. The van der Waals surface area contributed by atoms with Crippen molar-refractivity contribution >= 4 is 103 Å². The van der Waals surface area contributed by atoms with Crippen LogP contribution in [-0.2, 0) is 0 Å². The third kappa shape index (κ3) is 4.22. The maximum Gasteiger partial charge on any atom is 0.137 e. The molecule has 0 unspecified atom stereocenters. The predicted octanol–water partition coefficient (Wildman–Crippen LogP) is 14.6. The van der Waals surface area contributed by atoms with Crippen LogP contribution in [0.25, 0.3) is 85.6 Å². The van der Waals surface area contributed by atoms with Gasteiger partial charge in [0.25, 0.3) is 0 Å². The van der Waals surface area contributed by atoms with E-state index in [-0.39, 0.29) is 0 Å². The smallest absolute Gasteiger partial charge is 0.137 e. The summed E-state index contributed by atoms with van der Waals surface area (Å²) in [4.78, 5) is 2.51. The second kappa shape index (κ2) is 11.0. The zero-order chi connectivity index (χ0) is 33.5. The first kappa shape index (κ1) is 28.4. The van der Waals surface area contributed by atoms with Gasteiger partial charge < -0.3 is 9.32 Å². The van der Waals surface area contributed by atoms with Crippen molar-refractivity contribution in [3.05, 3.63) is 176 Å². The third-order valence-corrected chi connectivity index (χ3v) is 11.6. The number of thiophene rings is 1. The molecule has 0 amide bonds. The Morgan fingerprint density at radius 2 is 1.02 bits per heavy atom. The maximum atomic E-state index is 6.56. The van der Waals surface area contributed by atoms with Crippen LogP contribution in [0.3, 0.4) is 0 Å². The van der Waals surface area contributed by atoms with Gasteiger partial charge in [0, 0.05) is 53.6 Å². The molecule has 2 aromatic heterocycles. The van der Waals surface area contributed by atoms with Gasteiger partial charge in [0.05, 0.1) is 11.4 Å². The highest BCUT2D eigenvalue weighted by atomic mass is 32.1. The topological polar surface area (TPSA) is 16.4 Å². The second-order valence-electron chi connectivity index (χ2n) is 13.2. The summed E-state index contributed by atoms with van der Waals surface area (Å²) in [5, 5.41) is 12.1. The van der Waals surface area contributed by atoms with E-state index in [0.29, 0.717) is 0 Å². The minimum Gasteiger partial charge on any atom is -0.456 e. The summed E-state index contributed by atoms with van der Waals surface area (Å²) >= 11 is 1.85. The molecule has 2 heterocycles. The second-order valence-corrected chi connectivity index (χ2v) is 14.3. The van der Waals surface area contributed by atoms with Gasteiger partial charge in [0.15, 0.2) is 0 Å². The lowest BCUT2D eigenvalue weighted by Crippen LogP contribution is -2.13. The SMILES string of the molecule is c1ccc2c(-c3c(N(c4ccc5c(c4)oc4ccccc45)c4cccc5sc6ccccc6c45)c4ccccc4c4ccccc34)cccc2c1. The van der Waals surface area contributed by atoms with Crippen molar-refractivity contribution in [2.24, 2.45) is 0 Å². The molecular weight excluding hydrogens is 639 g/mol. The highest BCUT2D eigenvalue weighted by Gasteiger charge is 2.27. The molecule has 11 rings (SSSR count). The average Bonchev–Trinajstić information content (AvgIpc) is 3.76. The van der Waals surface area contributed by atoms with Crippen LogP contribution in [0.5, 0.6) is 0 Å². The molecule has 0 fully saturated rings. The lowest BCUT2D eigenvalue weighted by atomic mass is 9.88. The fourth-order valence-electron chi connectivity index (χ4n) is 8.26. The minimum atomic E-state index is 0.873. The normalized spacial score (nSPS) is 11.9. The molecular formula is C48H29NOS. The van der Waals surface area contributed by atoms with Crippen molar-refractivity contribution in [1.82, 2.24) is 0 Å². The molecule has 9 aromatic carbocycles. The molecule has 3 heteroatoms. The van der Waals surface area contributed by atoms with Gasteiger partial charge in [0.1, 0.15) is 11.2 Å². The van der Waals surface area contributed by atoms with Gasteiger partial charge in [-0.05, 0) is 68.9 Å². The molecule has 0 N–H and O–H groups in total. The summed E-state index contributed by atoms with van der Waals surface area (Å²) in [6.07, 6.45) is 0. The van der Waals surface area contributed by atoms with E-state index in [0.717, 1.165) is 39.0 Å². The summed E-state index contributed by atoms with van der Waals surface area (Å²) in [5.41, 5.74) is 7.53. The van der Waals surface area contributed by atoms with E-state index in [2.05, 4.69) is 175 Å². The van der Waals surface area contributed by atoms with Crippen LogP contribution in [-0.4, -0.2) is 0 Å². The number of anilines is 3. The van der Waals surface area contributed by atoms with Crippen LogP contribution in [0.15, 0.2) is 180 Å². The molecule has 0 saturated carbocycles. The largest absolute Gasteiger partial charge is 0.456 e. The number of furan rings is 1. The van der Waals surface area contributed by atoms with Crippen molar-refractivity contribution in [3.63, 3.8) is 0 Å². The van der Waals surface area contributed by atoms with E-state index in [1.807, 2.05) is 17.4 Å². The Morgan fingerprint density at radius 3 is 1.88 bits per heavy atom. The summed E-state index contributed by atoms with van der Waals surface area (Å²) in [7, 11) is 0. The molecule has 51 heavy (non-hydrogen) atoms. The van der Waals surface area contributed by atoms with E-state index < -0.39 is 0 Å². The first-order valence-corrected chi connectivity index (χ1v) is 18.2. The Hall–Kier alpha value is -6.42. The van der Waals surface area contributed by atoms with Crippen LogP contribution in [0.1, 0.15) is 0 Å². The number of hydrogen-bond acceptors (Lipinski definition) is 3. The number of benzene rings is 9. The lowest BCUT2D eigenvalue weighted by molar-refractivity contribution is 0.669. The molecule has 0 radical (unpaired) electrons. The highest BCUT2D eigenvalue weighted by Crippen LogP contribution is 2.53. The fraction of sp³-hybridized carbons (Fsp3) is 0. The van der Waals surface area contributed by atoms with Gasteiger partial charge in [-0.15, -0.1) is 11.3 Å². The van der Waals surface area contributed by atoms with Gasteiger partial charge >= 0.3 is 0 Å². The van der Waals surface area contributed by atoms with Gasteiger partial charge in [-0.3, -0.25) is 0 Å². The standard InChI is InChI=1S/C48H29NOS/c1-2-15-32-30(13-1)14-11-22-37(32)46-38-19-5-3-16-33(38)34-17-4-6-20-39(34)48(46)49(31-27-28-36-35-18-7-9-24-42(35)50-43(36)29-31)41-23-12-26-45-47(41)40-21-8-10-25-44(40)51-45/h1-29H. The van der Waals surface area contributed by atoms with Crippen molar-refractivity contribution < 1.29 is 4.42 Å². The molecule has 238 valence electrons. The number of nitrogens with zero attached hydrogens (tertiary/aromatic N) is 1. The molecule has 0 spiro atoms. The minimum absolute atomic E-state index is 0.873. The Kier molecular flexibility index (Phi) is 6.16. The number of rotatable bonds is 4. The summed E-state index contributed by atoms with van der Waals surface area (Å²) in [6, 6.07) is 63.9. The van der Waals surface area contributed by atoms with Gasteiger partial charge in [-0.1, -0.05) is 133 Å². The van der Waals surface area contributed by atoms with Crippen molar-refractivity contribution in [2.45, 2.75) is 0 Å².